The van der Waals surface area contributed by atoms with Crippen LogP contribution in [0.3, 0.4) is 0 Å². The van der Waals surface area contributed by atoms with Crippen molar-refractivity contribution in [2.75, 3.05) is 13.0 Å². The average molecular weight is 180 g/mol. The van der Waals surface area contributed by atoms with E-state index in [1.165, 1.54) is 21.0 Å². The van der Waals surface area contributed by atoms with Gasteiger partial charge >= 0.3 is 5.97 Å². The topological polar surface area (TPSA) is 63.6 Å². The number of carboxylic acids is 1. The zero-order valence-corrected chi connectivity index (χ0v) is 7.60. The fourth-order valence-corrected chi connectivity index (χ4v) is 1.06. The van der Waals surface area contributed by atoms with Gasteiger partial charge in [0.2, 0.25) is 0 Å². The third kappa shape index (κ3) is 2.59. The first-order valence-corrected chi connectivity index (χ1v) is 4.35. The smallest absolute Gasteiger partial charge is 0.321 e. The summed E-state index contributed by atoms with van der Waals surface area (Å²) in [6, 6.07) is 0. The van der Waals surface area contributed by atoms with Crippen LogP contribution in [-0.4, -0.2) is 33.1 Å². The van der Waals surface area contributed by atoms with Crippen molar-refractivity contribution in [3.63, 3.8) is 0 Å². The molecule has 0 saturated heterocycles. The Morgan fingerprint density at radius 2 is 2.09 bits per heavy atom. The molecule has 1 N–H and O–H groups in total. The molecule has 0 aliphatic rings. The molecule has 0 spiro atoms. The van der Waals surface area contributed by atoms with E-state index in [0.717, 1.165) is 0 Å². The molecule has 0 aromatic carbocycles. The van der Waals surface area contributed by atoms with Crippen molar-refractivity contribution in [1.82, 2.24) is 0 Å². The predicted octanol–water partition coefficient (Wildman–Crippen LogP) is 0.202. The summed E-state index contributed by atoms with van der Waals surface area (Å²) >= 11 is 0. The van der Waals surface area contributed by atoms with Gasteiger partial charge in [0.25, 0.3) is 0 Å². The lowest BCUT2D eigenvalue weighted by molar-refractivity contribution is -0.139. The van der Waals surface area contributed by atoms with Crippen LogP contribution in [0.15, 0.2) is 0 Å². The number of hydrogen-bond acceptors (Lipinski definition) is 3. The van der Waals surface area contributed by atoms with Gasteiger partial charge in [0.1, 0.15) is 10.7 Å². The van der Waals surface area contributed by atoms with E-state index in [0.29, 0.717) is 0 Å². The van der Waals surface area contributed by atoms with Gasteiger partial charge in [0, 0.05) is 7.11 Å². The molecule has 1 atom stereocenters. The largest absolute Gasteiger partial charge is 0.480 e. The monoisotopic (exact) mass is 180 g/mol. The van der Waals surface area contributed by atoms with Crippen molar-refractivity contribution in [3.05, 3.63) is 0 Å². The van der Waals surface area contributed by atoms with Gasteiger partial charge in [-0.1, -0.05) is 0 Å². The standard InChI is InChI=1S/C6H12O4S/c1-6(2,5(7)8)11(9)4-10-3/h4H2,1-3H3,(H,7,8). The maximum Gasteiger partial charge on any atom is 0.321 e. The Morgan fingerprint density at radius 1 is 1.64 bits per heavy atom. The molecule has 11 heavy (non-hydrogen) atoms. The Kier molecular flexibility index (Phi) is 3.68. The van der Waals surface area contributed by atoms with E-state index in [1.807, 2.05) is 0 Å². The van der Waals surface area contributed by atoms with E-state index < -0.39 is 21.5 Å². The molecule has 0 aliphatic heterocycles. The van der Waals surface area contributed by atoms with Gasteiger partial charge in [-0.15, -0.1) is 0 Å². The second-order valence-electron chi connectivity index (χ2n) is 2.57. The number of methoxy groups -OCH3 is 1. The lowest BCUT2D eigenvalue weighted by Crippen LogP contribution is -2.37. The highest BCUT2D eigenvalue weighted by atomic mass is 32.2. The van der Waals surface area contributed by atoms with Gasteiger partial charge in [0.05, 0.1) is 10.8 Å². The summed E-state index contributed by atoms with van der Waals surface area (Å²) in [7, 11) is -0.0975. The lowest BCUT2D eigenvalue weighted by Gasteiger charge is -2.17. The maximum atomic E-state index is 11.1. The third-order valence-corrected chi connectivity index (χ3v) is 3.07. The van der Waals surface area contributed by atoms with Crippen molar-refractivity contribution >= 4 is 16.8 Å². The van der Waals surface area contributed by atoms with Crippen LogP contribution < -0.4 is 0 Å². The Hall–Kier alpha value is -0.420. The van der Waals surface area contributed by atoms with Crippen LogP contribution in [0, 0.1) is 0 Å². The second kappa shape index (κ2) is 3.82. The Morgan fingerprint density at radius 3 is 2.36 bits per heavy atom. The second-order valence-corrected chi connectivity index (χ2v) is 4.51. The van der Waals surface area contributed by atoms with Crippen molar-refractivity contribution in [3.8, 4) is 0 Å². The first-order valence-electron chi connectivity index (χ1n) is 3.03. The zero-order valence-electron chi connectivity index (χ0n) is 6.79. The van der Waals surface area contributed by atoms with Crippen molar-refractivity contribution < 1.29 is 18.8 Å². The maximum absolute atomic E-state index is 11.1. The van der Waals surface area contributed by atoms with Gasteiger partial charge in [-0.2, -0.15) is 0 Å². The molecule has 1 unspecified atom stereocenters. The van der Waals surface area contributed by atoms with Crippen LogP contribution in [0.2, 0.25) is 0 Å². The van der Waals surface area contributed by atoms with E-state index >= 15 is 0 Å². The van der Waals surface area contributed by atoms with Crippen molar-refractivity contribution in [2.24, 2.45) is 0 Å². The molecule has 0 bridgehead atoms. The molecule has 5 heteroatoms. The minimum atomic E-state index is -1.48. The highest BCUT2D eigenvalue weighted by Gasteiger charge is 2.34. The number of carbonyl (C=O) groups is 1. The van der Waals surface area contributed by atoms with Gasteiger partial charge < -0.3 is 9.84 Å². The SMILES string of the molecule is COCS(=O)C(C)(C)C(=O)O. The van der Waals surface area contributed by atoms with Gasteiger partial charge in [0.15, 0.2) is 0 Å². The third-order valence-electron chi connectivity index (χ3n) is 1.31. The summed E-state index contributed by atoms with van der Waals surface area (Å²) < 4.78 is 14.5. The minimum absolute atomic E-state index is 0.0424. The molecule has 0 radical (unpaired) electrons. The number of hydrogen-bond donors (Lipinski definition) is 1. The van der Waals surface area contributed by atoms with E-state index in [1.54, 1.807) is 0 Å². The van der Waals surface area contributed by atoms with Crippen LogP contribution in [-0.2, 0) is 20.3 Å². The van der Waals surface area contributed by atoms with Crippen molar-refractivity contribution in [2.45, 2.75) is 18.6 Å². The molecule has 0 aromatic rings. The Bertz CT molecular complexity index is 175. The summed E-state index contributed by atoms with van der Waals surface area (Å²) in [5.74, 6) is -1.12. The van der Waals surface area contributed by atoms with Crippen LogP contribution in [0.25, 0.3) is 0 Å². The van der Waals surface area contributed by atoms with Crippen LogP contribution in [0.1, 0.15) is 13.8 Å². The molecule has 4 nitrogen and oxygen atoms in total. The van der Waals surface area contributed by atoms with Crippen molar-refractivity contribution in [1.29, 1.82) is 0 Å². The highest BCUT2D eigenvalue weighted by Crippen LogP contribution is 2.12. The molecule has 0 rings (SSSR count). The number of rotatable bonds is 4. The highest BCUT2D eigenvalue weighted by molar-refractivity contribution is 7.87. The fourth-order valence-electron chi connectivity index (χ4n) is 0.352. The summed E-state index contributed by atoms with van der Waals surface area (Å²) in [6.07, 6.45) is 0. The van der Waals surface area contributed by atoms with E-state index in [2.05, 4.69) is 4.74 Å². The normalized spacial score (nSPS) is 14.5. The lowest BCUT2D eigenvalue weighted by atomic mass is 10.2. The molecular formula is C6H12O4S. The van der Waals surface area contributed by atoms with Gasteiger partial charge in [-0.25, -0.2) is 0 Å². The molecule has 0 amide bonds. The minimum Gasteiger partial charge on any atom is -0.480 e. The number of carboxylic acid groups (broad SMARTS) is 1. The molecule has 0 aromatic heterocycles. The Labute approximate surface area is 68.0 Å². The average Bonchev–Trinajstić information content (AvgIpc) is 1.88. The summed E-state index contributed by atoms with van der Waals surface area (Å²) in [4.78, 5) is 10.5. The van der Waals surface area contributed by atoms with Crippen LogP contribution in [0.5, 0.6) is 0 Å². The first kappa shape index (κ1) is 10.6. The molecular weight excluding hydrogens is 168 g/mol. The quantitative estimate of drug-likeness (QED) is 0.671. The summed E-state index contributed by atoms with van der Waals surface area (Å²) in [5, 5.41) is 8.59. The summed E-state index contributed by atoms with van der Waals surface area (Å²) in [5.41, 5.74) is 0. The molecule has 0 fully saturated rings. The van der Waals surface area contributed by atoms with Crippen LogP contribution in [0.4, 0.5) is 0 Å². The molecule has 0 saturated carbocycles. The number of aliphatic carboxylic acids is 1. The van der Waals surface area contributed by atoms with Gasteiger partial charge in [-0.3, -0.25) is 9.00 Å². The van der Waals surface area contributed by atoms with Gasteiger partial charge in [-0.05, 0) is 13.8 Å². The fraction of sp³-hybridized carbons (Fsp3) is 0.833. The Balaban J connectivity index is 4.30. The van der Waals surface area contributed by atoms with E-state index in [-0.39, 0.29) is 5.94 Å². The molecule has 0 heterocycles. The molecule has 0 aliphatic carbocycles. The molecule has 66 valence electrons. The number of ether oxygens (including phenoxy) is 1. The first-order chi connectivity index (χ1) is 4.92. The van der Waals surface area contributed by atoms with E-state index in [9.17, 15) is 9.00 Å². The zero-order chi connectivity index (χ0) is 9.07. The van der Waals surface area contributed by atoms with Crippen LogP contribution >= 0.6 is 0 Å². The van der Waals surface area contributed by atoms with E-state index in [4.69, 9.17) is 5.11 Å². The summed E-state index contributed by atoms with van der Waals surface area (Å²) in [6.45, 7) is 2.81. The predicted molar refractivity (Wildman–Crippen MR) is 41.7 cm³/mol.